The van der Waals surface area contributed by atoms with Crippen LogP contribution in [0, 0.1) is 0 Å². The highest BCUT2D eigenvalue weighted by atomic mass is 32.1. The quantitative estimate of drug-likeness (QED) is 0.803. The van der Waals surface area contributed by atoms with E-state index in [2.05, 4.69) is 15.5 Å². The van der Waals surface area contributed by atoms with Gasteiger partial charge in [-0.25, -0.2) is 0 Å². The van der Waals surface area contributed by atoms with E-state index in [1.54, 1.807) is 11.3 Å². The summed E-state index contributed by atoms with van der Waals surface area (Å²) >= 11 is 2.96. The van der Waals surface area contributed by atoms with Crippen LogP contribution in [0.5, 0.6) is 0 Å². The van der Waals surface area contributed by atoms with E-state index in [1.807, 2.05) is 47.2 Å². The molecule has 2 heterocycles. The summed E-state index contributed by atoms with van der Waals surface area (Å²) in [5, 5.41) is 16.1. The molecular formula is C14H11N3OS2. The van der Waals surface area contributed by atoms with Crippen LogP contribution in [0.3, 0.4) is 0 Å². The fraction of sp³-hybridized carbons (Fsp3) is 0.0714. The van der Waals surface area contributed by atoms with Gasteiger partial charge in [0.1, 0.15) is 5.01 Å². The summed E-state index contributed by atoms with van der Waals surface area (Å²) in [7, 11) is 0. The number of benzene rings is 1. The van der Waals surface area contributed by atoms with Gasteiger partial charge in [-0.2, -0.15) is 11.3 Å². The first-order chi connectivity index (χ1) is 9.81. The van der Waals surface area contributed by atoms with Crippen molar-refractivity contribution in [1.82, 2.24) is 10.2 Å². The largest absolute Gasteiger partial charge is 0.300 e. The van der Waals surface area contributed by atoms with Gasteiger partial charge in [0.05, 0.1) is 6.42 Å². The molecule has 0 bridgehead atoms. The molecule has 0 aliphatic carbocycles. The molecular weight excluding hydrogens is 290 g/mol. The fourth-order valence-electron chi connectivity index (χ4n) is 1.71. The SMILES string of the molecule is O=C(Cc1ccsc1)Nc1nnc(-c2ccccc2)s1. The molecule has 0 saturated carbocycles. The molecule has 20 heavy (non-hydrogen) atoms. The van der Waals surface area contributed by atoms with Crippen molar-refractivity contribution in [3.8, 4) is 10.6 Å². The zero-order valence-corrected chi connectivity index (χ0v) is 12.1. The number of anilines is 1. The molecule has 0 atom stereocenters. The highest BCUT2D eigenvalue weighted by Gasteiger charge is 2.10. The van der Waals surface area contributed by atoms with Crippen LogP contribution >= 0.6 is 22.7 Å². The van der Waals surface area contributed by atoms with E-state index < -0.39 is 0 Å². The van der Waals surface area contributed by atoms with Crippen LogP contribution in [0.15, 0.2) is 47.2 Å². The smallest absolute Gasteiger partial charge is 0.230 e. The third kappa shape index (κ3) is 3.09. The van der Waals surface area contributed by atoms with Crippen molar-refractivity contribution in [2.45, 2.75) is 6.42 Å². The zero-order chi connectivity index (χ0) is 13.8. The second kappa shape index (κ2) is 5.94. The number of thiophene rings is 1. The Morgan fingerprint density at radius 2 is 2.00 bits per heavy atom. The number of amides is 1. The van der Waals surface area contributed by atoms with Gasteiger partial charge in [-0.15, -0.1) is 10.2 Å². The summed E-state index contributed by atoms with van der Waals surface area (Å²) in [5.41, 5.74) is 2.02. The number of hydrogen-bond donors (Lipinski definition) is 1. The summed E-state index contributed by atoms with van der Waals surface area (Å²) in [5.74, 6) is -0.0702. The maximum Gasteiger partial charge on any atom is 0.230 e. The van der Waals surface area contributed by atoms with Crippen molar-refractivity contribution in [3.63, 3.8) is 0 Å². The topological polar surface area (TPSA) is 54.9 Å². The fourth-order valence-corrected chi connectivity index (χ4v) is 3.15. The minimum absolute atomic E-state index is 0.0702. The standard InChI is InChI=1S/C14H11N3OS2/c18-12(8-10-6-7-19-9-10)15-14-17-16-13(20-14)11-4-2-1-3-5-11/h1-7,9H,8H2,(H,15,17,18). The number of aromatic nitrogens is 2. The van der Waals surface area contributed by atoms with Gasteiger partial charge in [0.25, 0.3) is 0 Å². The molecule has 0 fully saturated rings. The number of nitrogens with one attached hydrogen (secondary N) is 1. The van der Waals surface area contributed by atoms with Crippen LogP contribution in [0.1, 0.15) is 5.56 Å². The summed E-state index contributed by atoms with van der Waals surface area (Å²) in [4.78, 5) is 11.9. The van der Waals surface area contributed by atoms with E-state index in [0.717, 1.165) is 16.1 Å². The Balaban J connectivity index is 1.67. The minimum Gasteiger partial charge on any atom is -0.300 e. The first-order valence-corrected chi connectivity index (χ1v) is 7.77. The summed E-state index contributed by atoms with van der Waals surface area (Å²) in [6.45, 7) is 0. The molecule has 3 rings (SSSR count). The molecule has 0 aliphatic heterocycles. The Labute approximate surface area is 124 Å². The normalized spacial score (nSPS) is 10.4. The second-order valence-corrected chi connectivity index (χ2v) is 5.89. The van der Waals surface area contributed by atoms with Gasteiger partial charge >= 0.3 is 0 Å². The van der Waals surface area contributed by atoms with Crippen molar-refractivity contribution in [1.29, 1.82) is 0 Å². The molecule has 4 nitrogen and oxygen atoms in total. The van der Waals surface area contributed by atoms with Gasteiger partial charge in [0, 0.05) is 5.56 Å². The molecule has 1 aromatic carbocycles. The highest BCUT2D eigenvalue weighted by molar-refractivity contribution is 7.18. The van der Waals surface area contributed by atoms with Crippen LogP contribution in [-0.2, 0) is 11.2 Å². The Morgan fingerprint density at radius 3 is 2.75 bits per heavy atom. The summed E-state index contributed by atoms with van der Waals surface area (Å²) in [6.07, 6.45) is 0.365. The summed E-state index contributed by atoms with van der Waals surface area (Å²) < 4.78 is 0. The van der Waals surface area contributed by atoms with Gasteiger partial charge in [0.2, 0.25) is 11.0 Å². The molecule has 6 heteroatoms. The van der Waals surface area contributed by atoms with E-state index in [1.165, 1.54) is 11.3 Å². The third-order valence-electron chi connectivity index (χ3n) is 2.64. The van der Waals surface area contributed by atoms with E-state index in [-0.39, 0.29) is 5.91 Å². The first kappa shape index (κ1) is 13.0. The van der Waals surface area contributed by atoms with Crippen molar-refractivity contribution >= 4 is 33.7 Å². The number of hydrogen-bond acceptors (Lipinski definition) is 5. The third-order valence-corrected chi connectivity index (χ3v) is 4.26. The molecule has 2 aromatic heterocycles. The van der Waals surface area contributed by atoms with E-state index in [9.17, 15) is 4.79 Å². The Kier molecular flexibility index (Phi) is 3.85. The number of nitrogens with zero attached hydrogens (tertiary/aromatic N) is 2. The van der Waals surface area contributed by atoms with Crippen molar-refractivity contribution in [2.75, 3.05) is 5.32 Å². The lowest BCUT2D eigenvalue weighted by atomic mass is 10.2. The molecule has 0 aliphatic rings. The van der Waals surface area contributed by atoms with E-state index in [4.69, 9.17) is 0 Å². The predicted octanol–water partition coefficient (Wildman–Crippen LogP) is 3.45. The molecule has 3 aromatic rings. The second-order valence-electron chi connectivity index (χ2n) is 4.13. The molecule has 0 radical (unpaired) electrons. The Morgan fingerprint density at radius 1 is 1.15 bits per heavy atom. The lowest BCUT2D eigenvalue weighted by Crippen LogP contribution is -2.13. The lowest BCUT2D eigenvalue weighted by Gasteiger charge is -1.98. The van der Waals surface area contributed by atoms with Crippen LogP contribution in [0.25, 0.3) is 10.6 Å². The molecule has 1 N–H and O–H groups in total. The van der Waals surface area contributed by atoms with Crippen LogP contribution in [0.2, 0.25) is 0 Å². The first-order valence-electron chi connectivity index (χ1n) is 6.01. The number of carbonyl (C=O) groups excluding carboxylic acids is 1. The van der Waals surface area contributed by atoms with Crippen molar-refractivity contribution in [3.05, 3.63) is 52.7 Å². The van der Waals surface area contributed by atoms with Gasteiger partial charge in [0.15, 0.2) is 0 Å². The van der Waals surface area contributed by atoms with Gasteiger partial charge in [-0.3, -0.25) is 4.79 Å². The highest BCUT2D eigenvalue weighted by Crippen LogP contribution is 2.25. The Hall–Kier alpha value is -2.05. The Bertz CT molecular complexity index is 692. The molecule has 0 saturated heterocycles. The predicted molar refractivity (Wildman–Crippen MR) is 82.0 cm³/mol. The molecule has 0 unspecified atom stereocenters. The van der Waals surface area contributed by atoms with Gasteiger partial charge in [-0.05, 0) is 22.4 Å². The molecule has 100 valence electrons. The maximum absolute atomic E-state index is 11.9. The van der Waals surface area contributed by atoms with E-state index >= 15 is 0 Å². The number of rotatable bonds is 4. The minimum atomic E-state index is -0.0702. The van der Waals surface area contributed by atoms with Gasteiger partial charge < -0.3 is 5.32 Å². The average molecular weight is 301 g/mol. The van der Waals surface area contributed by atoms with Crippen LogP contribution in [-0.4, -0.2) is 16.1 Å². The monoisotopic (exact) mass is 301 g/mol. The van der Waals surface area contributed by atoms with Crippen molar-refractivity contribution < 1.29 is 4.79 Å². The van der Waals surface area contributed by atoms with Gasteiger partial charge in [-0.1, -0.05) is 41.7 Å². The maximum atomic E-state index is 11.9. The van der Waals surface area contributed by atoms with Crippen LogP contribution in [0.4, 0.5) is 5.13 Å². The zero-order valence-electron chi connectivity index (χ0n) is 10.4. The molecule has 1 amide bonds. The molecule has 0 spiro atoms. The van der Waals surface area contributed by atoms with E-state index in [0.29, 0.717) is 11.6 Å². The number of carbonyl (C=O) groups is 1. The van der Waals surface area contributed by atoms with Crippen LogP contribution < -0.4 is 5.32 Å². The van der Waals surface area contributed by atoms with Crippen molar-refractivity contribution in [2.24, 2.45) is 0 Å². The lowest BCUT2D eigenvalue weighted by molar-refractivity contribution is -0.115. The summed E-state index contributed by atoms with van der Waals surface area (Å²) in [6, 6.07) is 11.7. The average Bonchev–Trinajstić information content (AvgIpc) is 3.11.